The maximum Gasteiger partial charge on any atom is 0.128 e. The van der Waals surface area contributed by atoms with Crippen LogP contribution in [0.4, 0.5) is 0 Å². The second-order valence-corrected chi connectivity index (χ2v) is 2.47. The molecule has 0 aromatic rings. The third-order valence-corrected chi connectivity index (χ3v) is 1.81. The average Bonchev–Trinajstić information content (AvgIpc) is 2.05. The number of rotatable bonds is 3. The van der Waals surface area contributed by atoms with Crippen LogP contribution in [0.3, 0.4) is 0 Å². The van der Waals surface area contributed by atoms with Gasteiger partial charge in [0.15, 0.2) is 0 Å². The standard InChI is InChI=1S/C8H18N2O/c1-6-10(4)8(9-3)7(2)11-5/h7H,6H2,1-5H3. The Morgan fingerprint density at radius 3 is 2.45 bits per heavy atom. The lowest BCUT2D eigenvalue weighted by Crippen LogP contribution is -2.35. The molecule has 66 valence electrons. The Balaban J connectivity index is 4.17. The molecule has 0 bridgehead atoms. The van der Waals surface area contributed by atoms with Crippen molar-refractivity contribution in [1.29, 1.82) is 0 Å². The van der Waals surface area contributed by atoms with Crippen molar-refractivity contribution in [3.8, 4) is 0 Å². The van der Waals surface area contributed by atoms with E-state index >= 15 is 0 Å². The van der Waals surface area contributed by atoms with Crippen LogP contribution in [0, 0.1) is 0 Å². The van der Waals surface area contributed by atoms with Crippen LogP contribution < -0.4 is 0 Å². The third kappa shape index (κ3) is 2.89. The topological polar surface area (TPSA) is 24.8 Å². The van der Waals surface area contributed by atoms with E-state index in [1.54, 1.807) is 14.2 Å². The number of nitrogens with zero attached hydrogens (tertiary/aromatic N) is 2. The van der Waals surface area contributed by atoms with Crippen molar-refractivity contribution in [3.63, 3.8) is 0 Å². The van der Waals surface area contributed by atoms with Crippen molar-refractivity contribution >= 4 is 5.84 Å². The van der Waals surface area contributed by atoms with Gasteiger partial charge in [0.05, 0.1) is 0 Å². The first-order valence-electron chi connectivity index (χ1n) is 3.87. The van der Waals surface area contributed by atoms with E-state index in [-0.39, 0.29) is 6.10 Å². The Hall–Kier alpha value is -0.570. The van der Waals surface area contributed by atoms with Gasteiger partial charge in [0.1, 0.15) is 11.9 Å². The molecule has 11 heavy (non-hydrogen) atoms. The molecule has 0 saturated heterocycles. The summed E-state index contributed by atoms with van der Waals surface area (Å²) in [6.07, 6.45) is 0.0879. The van der Waals surface area contributed by atoms with Crippen molar-refractivity contribution < 1.29 is 4.74 Å². The summed E-state index contributed by atoms with van der Waals surface area (Å²) in [6.45, 7) is 5.04. The molecule has 0 spiro atoms. The van der Waals surface area contributed by atoms with Crippen LogP contribution in [0.1, 0.15) is 13.8 Å². The van der Waals surface area contributed by atoms with Crippen LogP contribution >= 0.6 is 0 Å². The van der Waals surface area contributed by atoms with Crippen molar-refractivity contribution in [2.45, 2.75) is 20.0 Å². The lowest BCUT2D eigenvalue weighted by molar-refractivity contribution is 0.160. The van der Waals surface area contributed by atoms with E-state index in [2.05, 4.69) is 16.8 Å². The molecule has 3 nitrogen and oxygen atoms in total. The molecule has 0 amide bonds. The molecular weight excluding hydrogens is 140 g/mol. The predicted octanol–water partition coefficient (Wildman–Crippen LogP) is 1.00. The number of hydrogen-bond donors (Lipinski definition) is 0. The van der Waals surface area contributed by atoms with Crippen molar-refractivity contribution in [2.24, 2.45) is 4.99 Å². The number of methoxy groups -OCH3 is 1. The molecule has 0 heterocycles. The van der Waals surface area contributed by atoms with Crippen LogP contribution in [0.2, 0.25) is 0 Å². The van der Waals surface area contributed by atoms with Crippen molar-refractivity contribution in [3.05, 3.63) is 0 Å². The molecule has 0 aliphatic rings. The number of ether oxygens (including phenoxy) is 1. The molecule has 0 aromatic heterocycles. The number of hydrogen-bond acceptors (Lipinski definition) is 2. The molecule has 0 rings (SSSR count). The van der Waals surface area contributed by atoms with Gasteiger partial charge in [-0.3, -0.25) is 4.99 Å². The summed E-state index contributed by atoms with van der Waals surface area (Å²) in [5.41, 5.74) is 0. The Bertz CT molecular complexity index is 122. The maximum atomic E-state index is 5.15. The van der Waals surface area contributed by atoms with Crippen molar-refractivity contribution in [1.82, 2.24) is 4.90 Å². The van der Waals surface area contributed by atoms with Gasteiger partial charge >= 0.3 is 0 Å². The van der Waals surface area contributed by atoms with E-state index < -0.39 is 0 Å². The zero-order chi connectivity index (χ0) is 8.85. The SMILES string of the molecule is CCN(C)C(=NC)C(C)OC. The highest BCUT2D eigenvalue weighted by molar-refractivity contribution is 5.85. The summed E-state index contributed by atoms with van der Waals surface area (Å²) in [6, 6.07) is 0. The van der Waals surface area contributed by atoms with Gasteiger partial charge in [0, 0.05) is 27.7 Å². The van der Waals surface area contributed by atoms with Crippen LogP contribution in [0.5, 0.6) is 0 Å². The second kappa shape index (κ2) is 5.13. The second-order valence-electron chi connectivity index (χ2n) is 2.47. The van der Waals surface area contributed by atoms with Gasteiger partial charge in [-0.05, 0) is 13.8 Å². The fourth-order valence-electron chi connectivity index (χ4n) is 0.930. The largest absolute Gasteiger partial charge is 0.374 e. The van der Waals surface area contributed by atoms with E-state index in [0.717, 1.165) is 12.4 Å². The minimum atomic E-state index is 0.0879. The third-order valence-electron chi connectivity index (χ3n) is 1.81. The minimum Gasteiger partial charge on any atom is -0.374 e. The van der Waals surface area contributed by atoms with E-state index in [1.165, 1.54) is 0 Å². The average molecular weight is 158 g/mol. The number of likely N-dealkylation sites (N-methyl/N-ethyl adjacent to an activating group) is 1. The van der Waals surface area contributed by atoms with E-state index in [0.29, 0.717) is 0 Å². The Labute approximate surface area is 69.1 Å². The highest BCUT2D eigenvalue weighted by Crippen LogP contribution is 1.97. The van der Waals surface area contributed by atoms with Gasteiger partial charge in [-0.2, -0.15) is 0 Å². The van der Waals surface area contributed by atoms with Crippen molar-refractivity contribution in [2.75, 3.05) is 27.7 Å². The Morgan fingerprint density at radius 2 is 2.18 bits per heavy atom. The van der Waals surface area contributed by atoms with Crippen LogP contribution in [0.15, 0.2) is 4.99 Å². The first kappa shape index (κ1) is 10.4. The highest BCUT2D eigenvalue weighted by Gasteiger charge is 2.11. The highest BCUT2D eigenvalue weighted by atomic mass is 16.5. The van der Waals surface area contributed by atoms with Gasteiger partial charge in [0.25, 0.3) is 0 Å². The Kier molecular flexibility index (Phi) is 4.86. The molecular formula is C8H18N2O. The number of amidine groups is 1. The maximum absolute atomic E-state index is 5.15. The van der Waals surface area contributed by atoms with Gasteiger partial charge in [-0.25, -0.2) is 0 Å². The molecule has 1 atom stereocenters. The zero-order valence-electron chi connectivity index (χ0n) is 8.09. The summed E-state index contributed by atoms with van der Waals surface area (Å²) in [7, 11) is 5.49. The predicted molar refractivity (Wildman–Crippen MR) is 48.1 cm³/mol. The summed E-state index contributed by atoms with van der Waals surface area (Å²) >= 11 is 0. The molecule has 3 heteroatoms. The van der Waals surface area contributed by atoms with Gasteiger partial charge in [-0.1, -0.05) is 0 Å². The lowest BCUT2D eigenvalue weighted by atomic mass is 10.3. The molecule has 0 fully saturated rings. The quantitative estimate of drug-likeness (QED) is 0.452. The normalized spacial score (nSPS) is 14.8. The molecule has 1 unspecified atom stereocenters. The fourth-order valence-corrected chi connectivity index (χ4v) is 0.930. The van der Waals surface area contributed by atoms with Crippen LogP contribution in [-0.2, 0) is 4.74 Å². The smallest absolute Gasteiger partial charge is 0.128 e. The lowest BCUT2D eigenvalue weighted by Gasteiger charge is -2.22. The van der Waals surface area contributed by atoms with Crippen LogP contribution in [-0.4, -0.2) is 44.6 Å². The molecule has 0 N–H and O–H groups in total. The number of aliphatic imine (C=N–C) groups is 1. The first-order valence-corrected chi connectivity index (χ1v) is 3.87. The minimum absolute atomic E-state index is 0.0879. The molecule has 0 aliphatic heterocycles. The summed E-state index contributed by atoms with van der Waals surface area (Å²) in [5, 5.41) is 0. The van der Waals surface area contributed by atoms with Gasteiger partial charge in [0.2, 0.25) is 0 Å². The molecule has 0 aromatic carbocycles. The van der Waals surface area contributed by atoms with Crippen LogP contribution in [0.25, 0.3) is 0 Å². The van der Waals surface area contributed by atoms with E-state index in [1.807, 2.05) is 14.0 Å². The first-order chi connectivity index (χ1) is 5.17. The monoisotopic (exact) mass is 158 g/mol. The summed E-state index contributed by atoms with van der Waals surface area (Å²) < 4.78 is 5.15. The Morgan fingerprint density at radius 1 is 1.64 bits per heavy atom. The fraction of sp³-hybridized carbons (Fsp3) is 0.875. The van der Waals surface area contributed by atoms with Gasteiger partial charge < -0.3 is 9.64 Å². The molecule has 0 saturated carbocycles. The zero-order valence-corrected chi connectivity index (χ0v) is 8.09. The van der Waals surface area contributed by atoms with E-state index in [4.69, 9.17) is 4.74 Å². The summed E-state index contributed by atoms with van der Waals surface area (Å²) in [4.78, 5) is 6.22. The van der Waals surface area contributed by atoms with E-state index in [9.17, 15) is 0 Å². The molecule has 0 radical (unpaired) electrons. The molecule has 0 aliphatic carbocycles. The van der Waals surface area contributed by atoms with Gasteiger partial charge in [-0.15, -0.1) is 0 Å². The summed E-state index contributed by atoms with van der Waals surface area (Å²) in [5.74, 6) is 0.995.